The maximum atomic E-state index is 6.59. The lowest BCUT2D eigenvalue weighted by Gasteiger charge is -2.26. The average molecular weight is 720 g/mol. The van der Waals surface area contributed by atoms with Crippen LogP contribution in [0.4, 0.5) is 17.1 Å². The lowest BCUT2D eigenvalue weighted by atomic mass is 9.93. The Kier molecular flexibility index (Phi) is 8.62. The number of allylic oxidation sites excluding steroid dienone is 4. The molecule has 56 heavy (non-hydrogen) atoms. The first kappa shape index (κ1) is 33.3. The Morgan fingerprint density at radius 1 is 0.482 bits per heavy atom. The number of nitrogens with zero attached hydrogens (tertiary/aromatic N) is 3. The number of furan rings is 1. The van der Waals surface area contributed by atoms with Gasteiger partial charge in [-0.15, -0.1) is 0 Å². The summed E-state index contributed by atoms with van der Waals surface area (Å²) in [6.07, 6.45) is 9.56. The second-order valence-corrected chi connectivity index (χ2v) is 14.1. The molecule has 4 nitrogen and oxygen atoms in total. The van der Waals surface area contributed by atoms with Gasteiger partial charge in [-0.2, -0.15) is 0 Å². The highest BCUT2D eigenvalue weighted by Crippen LogP contribution is 2.42. The van der Waals surface area contributed by atoms with Gasteiger partial charge >= 0.3 is 0 Å². The van der Waals surface area contributed by atoms with Crippen molar-refractivity contribution in [3.05, 3.63) is 212 Å². The first-order valence-electron chi connectivity index (χ1n) is 19.1. The van der Waals surface area contributed by atoms with Gasteiger partial charge in [-0.3, -0.25) is 0 Å². The molecule has 2 heterocycles. The van der Waals surface area contributed by atoms with E-state index in [2.05, 4.69) is 181 Å². The monoisotopic (exact) mass is 719 g/mol. The van der Waals surface area contributed by atoms with Gasteiger partial charge in [-0.1, -0.05) is 146 Å². The fraction of sp³-hybridized carbons (Fsp3) is 0.0385. The molecule has 10 rings (SSSR count). The third-order valence-corrected chi connectivity index (χ3v) is 10.6. The minimum atomic E-state index is 0.165. The van der Waals surface area contributed by atoms with Crippen LogP contribution in [0.5, 0.6) is 0 Å². The zero-order valence-corrected chi connectivity index (χ0v) is 30.7. The third-order valence-electron chi connectivity index (χ3n) is 10.6. The van der Waals surface area contributed by atoms with Crippen LogP contribution in [0.15, 0.2) is 211 Å². The van der Waals surface area contributed by atoms with E-state index in [4.69, 9.17) is 14.4 Å². The molecule has 1 aliphatic rings. The molecule has 0 N–H and O–H groups in total. The maximum Gasteiger partial charge on any atom is 0.160 e. The highest BCUT2D eigenvalue weighted by atomic mass is 16.3. The van der Waals surface area contributed by atoms with Crippen molar-refractivity contribution >= 4 is 39.0 Å². The van der Waals surface area contributed by atoms with Crippen molar-refractivity contribution in [1.29, 1.82) is 0 Å². The van der Waals surface area contributed by atoms with Crippen LogP contribution >= 0.6 is 0 Å². The molecular formula is C52H37N3O. The smallest absolute Gasteiger partial charge is 0.160 e. The van der Waals surface area contributed by atoms with E-state index >= 15 is 0 Å². The molecular weight excluding hydrogens is 683 g/mol. The van der Waals surface area contributed by atoms with Crippen molar-refractivity contribution in [2.24, 2.45) is 0 Å². The molecule has 0 spiro atoms. The van der Waals surface area contributed by atoms with E-state index in [9.17, 15) is 0 Å². The summed E-state index contributed by atoms with van der Waals surface area (Å²) < 4.78 is 6.59. The number of hydrogen-bond acceptors (Lipinski definition) is 4. The van der Waals surface area contributed by atoms with E-state index in [1.807, 2.05) is 30.3 Å². The molecule has 1 atom stereocenters. The van der Waals surface area contributed by atoms with Crippen LogP contribution < -0.4 is 4.90 Å². The van der Waals surface area contributed by atoms with Crippen LogP contribution in [0, 0.1) is 0 Å². The summed E-state index contributed by atoms with van der Waals surface area (Å²) in [5, 5.41) is 2.12. The highest BCUT2D eigenvalue weighted by molar-refractivity contribution is 6.13. The van der Waals surface area contributed by atoms with Gasteiger partial charge in [0.2, 0.25) is 0 Å². The molecule has 9 aromatic rings. The van der Waals surface area contributed by atoms with Gasteiger partial charge in [0.25, 0.3) is 0 Å². The fourth-order valence-corrected chi connectivity index (χ4v) is 7.79. The number of rotatable bonds is 8. The van der Waals surface area contributed by atoms with Crippen molar-refractivity contribution in [2.75, 3.05) is 4.90 Å². The van der Waals surface area contributed by atoms with Gasteiger partial charge in [0.1, 0.15) is 11.2 Å². The van der Waals surface area contributed by atoms with Gasteiger partial charge < -0.3 is 9.32 Å². The summed E-state index contributed by atoms with van der Waals surface area (Å²) in [5.41, 5.74) is 13.4. The predicted molar refractivity (Wildman–Crippen MR) is 231 cm³/mol. The predicted octanol–water partition coefficient (Wildman–Crippen LogP) is 14.1. The van der Waals surface area contributed by atoms with Crippen LogP contribution in [0.3, 0.4) is 0 Å². The Hall–Kier alpha value is -7.30. The largest absolute Gasteiger partial charge is 0.456 e. The van der Waals surface area contributed by atoms with Crippen LogP contribution in [0.25, 0.3) is 66.8 Å². The van der Waals surface area contributed by atoms with E-state index in [-0.39, 0.29) is 5.92 Å². The van der Waals surface area contributed by atoms with Gasteiger partial charge in [-0.05, 0) is 89.3 Å². The lowest BCUT2D eigenvalue weighted by molar-refractivity contribution is 0.669. The maximum absolute atomic E-state index is 6.59. The Balaban J connectivity index is 1.09. The van der Waals surface area contributed by atoms with Gasteiger partial charge in [0.05, 0.1) is 11.4 Å². The first-order chi connectivity index (χ1) is 27.7. The van der Waals surface area contributed by atoms with Crippen molar-refractivity contribution in [2.45, 2.75) is 12.3 Å². The topological polar surface area (TPSA) is 42.2 Å². The summed E-state index contributed by atoms with van der Waals surface area (Å²) in [6, 6.07) is 63.8. The molecule has 0 saturated heterocycles. The van der Waals surface area contributed by atoms with Crippen molar-refractivity contribution in [3.63, 3.8) is 0 Å². The quantitative estimate of drug-likeness (QED) is 0.157. The second kappa shape index (κ2) is 14.5. The minimum Gasteiger partial charge on any atom is -0.456 e. The van der Waals surface area contributed by atoms with Gasteiger partial charge in [0.15, 0.2) is 5.82 Å². The minimum absolute atomic E-state index is 0.165. The van der Waals surface area contributed by atoms with Crippen LogP contribution in [0.2, 0.25) is 0 Å². The number of para-hydroxylation sites is 2. The van der Waals surface area contributed by atoms with Crippen molar-refractivity contribution in [1.82, 2.24) is 9.97 Å². The van der Waals surface area contributed by atoms with E-state index in [0.29, 0.717) is 0 Å². The molecule has 1 aliphatic carbocycles. The van der Waals surface area contributed by atoms with Gasteiger partial charge in [0, 0.05) is 44.9 Å². The van der Waals surface area contributed by atoms with Crippen LogP contribution in [0.1, 0.15) is 18.0 Å². The Morgan fingerprint density at radius 2 is 1.07 bits per heavy atom. The van der Waals surface area contributed by atoms with Crippen molar-refractivity contribution in [3.8, 4) is 44.9 Å². The highest BCUT2D eigenvalue weighted by Gasteiger charge is 2.21. The standard InChI is InChI=1S/C52H37N3O/c1-5-15-36(16-6-1)37-25-29-43(30-26-37)55(42-21-11-4-12-22-42)44-31-27-38(28-32-44)41-33-46(51-45-23-13-14-24-49(45)56-50(51)34-41)48-35-47(39-17-7-2-8-18-39)53-52(54-48)40-19-9-3-10-20-40/h1-17,19-35,39H,18H2. The Labute approximate surface area is 326 Å². The Bertz CT molecular complexity index is 2860. The molecule has 0 bridgehead atoms. The van der Waals surface area contributed by atoms with E-state index in [1.165, 1.54) is 11.1 Å². The zero-order valence-electron chi connectivity index (χ0n) is 30.7. The second-order valence-electron chi connectivity index (χ2n) is 14.1. The van der Waals surface area contributed by atoms with Gasteiger partial charge in [-0.25, -0.2) is 9.97 Å². The molecule has 0 radical (unpaired) electrons. The zero-order chi connectivity index (χ0) is 37.3. The van der Waals surface area contributed by atoms with E-state index < -0.39 is 0 Å². The molecule has 266 valence electrons. The first-order valence-corrected chi connectivity index (χ1v) is 19.1. The molecule has 0 aliphatic heterocycles. The Morgan fingerprint density at radius 3 is 1.75 bits per heavy atom. The summed E-state index contributed by atoms with van der Waals surface area (Å²) in [5.74, 6) is 0.883. The van der Waals surface area contributed by atoms with Crippen molar-refractivity contribution < 1.29 is 4.42 Å². The van der Waals surface area contributed by atoms with E-state index in [0.717, 1.165) is 84.9 Å². The molecule has 2 aromatic heterocycles. The molecule has 0 fully saturated rings. The molecule has 7 aromatic carbocycles. The number of anilines is 3. The average Bonchev–Trinajstić information content (AvgIpc) is 3.66. The van der Waals surface area contributed by atoms with E-state index in [1.54, 1.807) is 0 Å². The van der Waals surface area contributed by atoms with Crippen LogP contribution in [-0.4, -0.2) is 9.97 Å². The molecule has 0 saturated carbocycles. The molecule has 4 heteroatoms. The summed E-state index contributed by atoms with van der Waals surface area (Å²) in [6.45, 7) is 0. The lowest BCUT2D eigenvalue weighted by Crippen LogP contribution is -2.09. The molecule has 1 unspecified atom stereocenters. The number of hydrogen-bond donors (Lipinski definition) is 0. The number of benzene rings is 7. The summed E-state index contributed by atoms with van der Waals surface area (Å²) in [7, 11) is 0. The van der Waals surface area contributed by atoms with Crippen LogP contribution in [-0.2, 0) is 0 Å². The molecule has 0 amide bonds. The third kappa shape index (κ3) is 6.37. The fourth-order valence-electron chi connectivity index (χ4n) is 7.79. The summed E-state index contributed by atoms with van der Waals surface area (Å²) in [4.78, 5) is 12.7. The normalized spacial score (nSPS) is 13.7. The number of fused-ring (bicyclic) bond motifs is 3. The summed E-state index contributed by atoms with van der Waals surface area (Å²) >= 11 is 0. The number of aromatic nitrogens is 2. The SMILES string of the molecule is C1=CCC(c2cc(-c3cc(-c4ccc(N(c5ccccc5)c5ccc(-c6ccccc6)cc5)cc4)cc4oc5ccccc5c34)nc(-c3ccccc3)n2)C=C1.